The largest absolute Gasteiger partial charge is 0.704 e. The van der Waals surface area contributed by atoms with E-state index in [0.29, 0.717) is 18.6 Å². The molecule has 3 aromatic rings. The molecule has 0 amide bonds. The number of aromatic nitrogens is 1. The van der Waals surface area contributed by atoms with Crippen molar-refractivity contribution in [2.24, 2.45) is 10.2 Å². The molecule has 2 fully saturated rings. The average Bonchev–Trinajstić information content (AvgIpc) is 3.61. The summed E-state index contributed by atoms with van der Waals surface area (Å²) in [6, 6.07) is 15.1. The van der Waals surface area contributed by atoms with Crippen molar-refractivity contribution in [2.75, 3.05) is 6.54 Å². The van der Waals surface area contributed by atoms with Crippen molar-refractivity contribution in [1.82, 2.24) is 0 Å². The van der Waals surface area contributed by atoms with Gasteiger partial charge in [0.15, 0.2) is 36.3 Å². The number of allylic oxidation sites excluding steroid dienone is 1. The van der Waals surface area contributed by atoms with E-state index >= 15 is 0 Å². The van der Waals surface area contributed by atoms with Crippen LogP contribution in [0.15, 0.2) is 76.4 Å². The summed E-state index contributed by atoms with van der Waals surface area (Å²) in [6.07, 6.45) is 16.6. The molecule has 8 rings (SSSR count). The minimum atomic E-state index is -1.04. The van der Waals surface area contributed by atoms with E-state index in [1.165, 1.54) is 35.1 Å². The number of benzene rings is 2. The maximum atomic E-state index is 7.33. The molecule has 5 aliphatic rings. The van der Waals surface area contributed by atoms with Gasteiger partial charge in [0.1, 0.15) is 6.54 Å². The van der Waals surface area contributed by atoms with Crippen molar-refractivity contribution >= 4 is 12.4 Å². The highest BCUT2D eigenvalue weighted by Crippen LogP contribution is 2.48. The summed E-state index contributed by atoms with van der Waals surface area (Å²) in [5, 5.41) is 9.08. The van der Waals surface area contributed by atoms with Crippen LogP contribution in [0.1, 0.15) is 113 Å². The predicted octanol–water partition coefficient (Wildman–Crippen LogP) is 7.90. The molecule has 7 nitrogen and oxygen atoms in total. The van der Waals surface area contributed by atoms with E-state index in [0.717, 1.165) is 72.5 Å². The molecule has 1 spiro atoms. The summed E-state index contributed by atoms with van der Waals surface area (Å²) in [5.41, 5.74) is 9.64. The normalized spacial score (nSPS) is 23.8. The quantitative estimate of drug-likeness (QED) is 0.253. The molecule has 254 valence electrons. The summed E-state index contributed by atoms with van der Waals surface area (Å²) in [7, 11) is 0. The maximum Gasteiger partial charge on any atom is 0.704 e. The van der Waals surface area contributed by atoms with Crippen LogP contribution in [0.2, 0.25) is 0 Å². The lowest BCUT2D eigenvalue weighted by molar-refractivity contribution is -0.866. The van der Waals surface area contributed by atoms with Gasteiger partial charge in [-0.05, 0) is 71.4 Å². The highest BCUT2D eigenvalue weighted by molar-refractivity contribution is 5.85. The fourth-order valence-electron chi connectivity index (χ4n) is 8.52. The Morgan fingerprint density at radius 1 is 0.816 bits per heavy atom. The van der Waals surface area contributed by atoms with Crippen molar-refractivity contribution in [3.8, 4) is 11.5 Å². The average molecular weight is 659 g/mol. The smallest absolute Gasteiger partial charge is 0.340 e. The Bertz CT molecular complexity index is 1940. The van der Waals surface area contributed by atoms with Crippen molar-refractivity contribution in [3.05, 3.63) is 99.5 Å². The van der Waals surface area contributed by atoms with Gasteiger partial charge in [0.05, 0.1) is 23.4 Å². The van der Waals surface area contributed by atoms with Crippen LogP contribution in [0.5, 0.6) is 11.5 Å². The molecule has 5 heterocycles. The van der Waals surface area contributed by atoms with Crippen molar-refractivity contribution in [3.63, 3.8) is 0 Å². The molecular weight excluding hydrogens is 606 g/mol. The monoisotopic (exact) mass is 658 g/mol. The van der Waals surface area contributed by atoms with Crippen molar-refractivity contribution in [1.29, 1.82) is 0 Å². The number of aryl methyl sites for hydroxylation is 2. The first-order valence-corrected chi connectivity index (χ1v) is 18.4. The Morgan fingerprint density at radius 3 is 2.16 bits per heavy atom. The molecule has 1 saturated carbocycles. The molecule has 3 unspecified atom stereocenters. The first-order valence-electron chi connectivity index (χ1n) is 18.4. The molecule has 1 saturated heterocycles. The second-order valence-electron chi connectivity index (χ2n) is 16.9. The van der Waals surface area contributed by atoms with Gasteiger partial charge in [0.25, 0.3) is 0 Å². The van der Waals surface area contributed by atoms with Gasteiger partial charge < -0.3 is 9.47 Å². The van der Waals surface area contributed by atoms with E-state index in [1.54, 1.807) is 0 Å². The topological polar surface area (TPSA) is 53.1 Å². The first-order chi connectivity index (χ1) is 23.4. The van der Waals surface area contributed by atoms with Gasteiger partial charge in [-0.25, -0.2) is 4.57 Å². The molecule has 1 aromatic heterocycles. The molecule has 49 heavy (non-hydrogen) atoms. The molecule has 0 N–H and O–H groups in total. The zero-order valence-electron chi connectivity index (χ0n) is 30.4. The summed E-state index contributed by atoms with van der Waals surface area (Å²) >= 11 is 0. The van der Waals surface area contributed by atoms with E-state index in [1.807, 2.05) is 0 Å². The van der Waals surface area contributed by atoms with Crippen LogP contribution in [-0.2, 0) is 23.8 Å². The number of ether oxygens (including phenoxy) is 2. The molecule has 3 atom stereocenters. The number of azo groups is 1. The third-order valence-electron chi connectivity index (χ3n) is 11.1. The van der Waals surface area contributed by atoms with Crippen LogP contribution >= 0.6 is 0 Å². The third-order valence-corrected chi connectivity index (χ3v) is 11.1. The Labute approximate surface area is 291 Å². The highest BCUT2D eigenvalue weighted by atomic mass is 16.7. The summed E-state index contributed by atoms with van der Waals surface area (Å²) in [5.74, 6) is 1.86. The maximum absolute atomic E-state index is 7.33. The van der Waals surface area contributed by atoms with E-state index in [9.17, 15) is 0 Å². The van der Waals surface area contributed by atoms with Gasteiger partial charge in [-0.1, -0.05) is 68.9 Å². The third kappa shape index (κ3) is 5.63. The van der Waals surface area contributed by atoms with Crippen LogP contribution < -0.4 is 14.0 Å². The van der Waals surface area contributed by atoms with Gasteiger partial charge in [0.2, 0.25) is 12.1 Å². The van der Waals surface area contributed by atoms with Crippen LogP contribution in [-0.4, -0.2) is 46.2 Å². The Kier molecular flexibility index (Phi) is 7.69. The van der Waals surface area contributed by atoms with E-state index in [-0.39, 0.29) is 10.8 Å². The minimum Gasteiger partial charge on any atom is -0.340 e. The minimum absolute atomic E-state index is 0.0310. The van der Waals surface area contributed by atoms with Gasteiger partial charge in [-0.2, -0.15) is 10.2 Å². The highest BCUT2D eigenvalue weighted by Gasteiger charge is 2.76. The molecule has 4 aliphatic heterocycles. The molecule has 7 heteroatoms. The second kappa shape index (κ2) is 11.7. The number of hydrogen-bond acceptors (Lipinski definition) is 4. The summed E-state index contributed by atoms with van der Waals surface area (Å²) in [6.45, 7) is 17.6. The number of nitrogens with zero attached hydrogens (tertiary/aromatic N) is 5. The number of hydrogen-bond donors (Lipinski definition) is 0. The fourth-order valence-corrected chi connectivity index (χ4v) is 8.52. The second-order valence-corrected chi connectivity index (χ2v) is 16.9. The number of rotatable bonds is 6. The van der Waals surface area contributed by atoms with Crippen molar-refractivity contribution < 1.29 is 23.2 Å². The Balaban J connectivity index is 1.15. The predicted molar refractivity (Wildman–Crippen MR) is 192 cm³/mol. The molecule has 2 aromatic carbocycles. The Hall–Kier alpha value is -4.13. The summed E-state index contributed by atoms with van der Waals surface area (Å²) < 4.78 is 21.7. The van der Waals surface area contributed by atoms with Crippen LogP contribution in [0, 0.1) is 6.92 Å². The SMILES string of the molecule is Cc1cc(CC2=C(CCC[n+]3ccccc3)CN=N2)cc2c1OC13Oc4c(cc(C(C)(C)C)cc4C(C)(C)C)C=[N+]1C1CCCCC1[N+]3=C2. The molecule has 1 aliphatic carbocycles. The van der Waals surface area contributed by atoms with Gasteiger partial charge in [-0.3, -0.25) is 0 Å². The van der Waals surface area contributed by atoms with E-state index in [4.69, 9.17) is 9.47 Å². The molecule has 0 bridgehead atoms. The number of fused-ring (bicyclic) bond motifs is 5. The zero-order valence-corrected chi connectivity index (χ0v) is 30.4. The lowest BCUT2D eigenvalue weighted by Gasteiger charge is -2.33. The van der Waals surface area contributed by atoms with E-state index in [2.05, 4.69) is 140 Å². The molecule has 0 radical (unpaired) electrons. The first kappa shape index (κ1) is 32.1. The fraction of sp³-hybridized carbons (Fsp3) is 0.500. The number of pyridine rings is 1. The van der Waals surface area contributed by atoms with Gasteiger partial charge in [0, 0.05) is 43.4 Å². The standard InChI is InChI=1S/C42H52N5O2/c1-28-20-29(22-35-30(25-43-44-35)14-13-19-45-17-11-8-12-18-45)21-31-26-46-36-15-9-10-16-37(36)47-27-32-23-33(40(2,3)4)24-34(41(5,6)7)39(32)49-42(46,47)48-38(28)31/h8,11-12,17-18,20-21,23-24,26-27,36-37H,9-10,13-16,19,22,25H2,1-7H3/q+3. The lowest BCUT2D eigenvalue weighted by Crippen LogP contribution is -2.60. The van der Waals surface area contributed by atoms with Crippen molar-refractivity contribution in [2.45, 2.75) is 129 Å². The van der Waals surface area contributed by atoms with Crippen LogP contribution in [0.3, 0.4) is 0 Å². The Morgan fingerprint density at radius 2 is 1.49 bits per heavy atom. The lowest BCUT2D eigenvalue weighted by atomic mass is 9.79. The van der Waals surface area contributed by atoms with Gasteiger partial charge >= 0.3 is 6.03 Å². The van der Waals surface area contributed by atoms with Crippen LogP contribution in [0.25, 0.3) is 0 Å². The van der Waals surface area contributed by atoms with E-state index < -0.39 is 6.03 Å². The van der Waals surface area contributed by atoms with Gasteiger partial charge in [-0.15, -0.1) is 0 Å². The zero-order chi connectivity index (χ0) is 34.1. The summed E-state index contributed by atoms with van der Waals surface area (Å²) in [4.78, 5) is 0. The molecular formula is C42H52N5O2+3. The van der Waals surface area contributed by atoms with Crippen LogP contribution in [0.4, 0.5) is 0 Å².